The predicted octanol–water partition coefficient (Wildman–Crippen LogP) is 5.12. The molecule has 1 atom stereocenters. The van der Waals surface area contributed by atoms with Crippen molar-refractivity contribution in [2.75, 3.05) is 0 Å². The van der Waals surface area contributed by atoms with Gasteiger partial charge in [0, 0.05) is 15.7 Å². The van der Waals surface area contributed by atoms with Crippen LogP contribution in [0.1, 0.15) is 18.5 Å². The van der Waals surface area contributed by atoms with Crippen molar-refractivity contribution in [1.82, 2.24) is 14.5 Å². The van der Waals surface area contributed by atoms with Crippen LogP contribution in [-0.4, -0.2) is 14.5 Å². The molecule has 0 saturated heterocycles. The topological polar surface area (TPSA) is 33.6 Å². The number of nitrogens with zero attached hydrogens (tertiary/aromatic N) is 2. The van der Waals surface area contributed by atoms with E-state index in [1.54, 1.807) is 6.20 Å². The van der Waals surface area contributed by atoms with Crippen molar-refractivity contribution in [3.63, 3.8) is 0 Å². The van der Waals surface area contributed by atoms with Crippen molar-refractivity contribution >= 4 is 50.9 Å². The molecule has 0 bridgehead atoms. The second-order valence-corrected chi connectivity index (χ2v) is 6.29. The zero-order chi connectivity index (χ0) is 14.3. The van der Waals surface area contributed by atoms with E-state index >= 15 is 0 Å². The van der Waals surface area contributed by atoms with Crippen molar-refractivity contribution in [2.24, 2.45) is 0 Å². The number of nitrogens with one attached hydrogen (secondary N) is 1. The molecule has 3 aromatic rings. The molecule has 0 radical (unpaired) electrons. The quantitative estimate of drug-likeness (QED) is 0.637. The van der Waals surface area contributed by atoms with Crippen LogP contribution in [0, 0.1) is 4.77 Å². The first-order valence-corrected chi connectivity index (χ1v) is 7.65. The Kier molecular flexibility index (Phi) is 3.67. The first kappa shape index (κ1) is 13.8. The van der Waals surface area contributed by atoms with Gasteiger partial charge in [-0.25, -0.2) is 4.98 Å². The zero-order valence-electron chi connectivity index (χ0n) is 10.6. The molecule has 2 heterocycles. The molecule has 0 fully saturated rings. The molecule has 1 aromatic carbocycles. The summed E-state index contributed by atoms with van der Waals surface area (Å²) in [6.07, 6.45) is 1.77. The van der Waals surface area contributed by atoms with Gasteiger partial charge < -0.3 is 4.98 Å². The van der Waals surface area contributed by atoms with Gasteiger partial charge in [-0.05, 0) is 58.8 Å². The van der Waals surface area contributed by atoms with Crippen molar-refractivity contribution < 1.29 is 0 Å². The Morgan fingerprint density at radius 3 is 2.95 bits per heavy atom. The number of benzene rings is 1. The van der Waals surface area contributed by atoms with Crippen molar-refractivity contribution in [3.05, 3.63) is 56.4 Å². The number of aromatic nitrogens is 3. The van der Waals surface area contributed by atoms with Gasteiger partial charge in [-0.1, -0.05) is 23.7 Å². The minimum absolute atomic E-state index is 0.0589. The third-order valence-electron chi connectivity index (χ3n) is 3.24. The predicted molar refractivity (Wildman–Crippen MR) is 87.9 cm³/mol. The standard InChI is InChI=1S/C14H11BrClN3S/c1-8(9-3-2-4-11(16)5-9)19-13-12(18-14(19)20)6-10(15)7-17-13/h2-8H,1H3,(H,18,20). The van der Waals surface area contributed by atoms with Crippen molar-refractivity contribution in [1.29, 1.82) is 0 Å². The molecule has 102 valence electrons. The number of H-pyrrole nitrogens is 1. The maximum atomic E-state index is 6.06. The summed E-state index contributed by atoms with van der Waals surface area (Å²) in [6, 6.07) is 9.82. The van der Waals surface area contributed by atoms with Gasteiger partial charge >= 0.3 is 0 Å². The van der Waals surface area contributed by atoms with E-state index in [1.807, 2.05) is 34.9 Å². The van der Waals surface area contributed by atoms with Gasteiger partial charge in [-0.2, -0.15) is 0 Å². The maximum absolute atomic E-state index is 6.06. The molecular weight excluding hydrogens is 358 g/mol. The Labute approximate surface area is 134 Å². The van der Waals surface area contributed by atoms with Crippen LogP contribution >= 0.6 is 39.7 Å². The molecule has 1 unspecified atom stereocenters. The Hall–Kier alpha value is -1.17. The van der Waals surface area contributed by atoms with E-state index in [-0.39, 0.29) is 6.04 Å². The highest BCUT2D eigenvalue weighted by molar-refractivity contribution is 9.10. The second-order valence-electron chi connectivity index (χ2n) is 4.56. The first-order valence-electron chi connectivity index (χ1n) is 6.07. The molecule has 0 aliphatic heterocycles. The van der Waals surface area contributed by atoms with Crippen LogP contribution in [0.5, 0.6) is 0 Å². The average molecular weight is 369 g/mol. The second kappa shape index (κ2) is 5.31. The normalized spacial score (nSPS) is 12.8. The van der Waals surface area contributed by atoms with Gasteiger partial charge in [0.1, 0.15) is 0 Å². The minimum atomic E-state index is 0.0589. The fraction of sp³-hybridized carbons (Fsp3) is 0.143. The molecule has 0 saturated carbocycles. The lowest BCUT2D eigenvalue weighted by Gasteiger charge is -2.14. The van der Waals surface area contributed by atoms with Crippen LogP contribution in [-0.2, 0) is 0 Å². The van der Waals surface area contributed by atoms with Gasteiger partial charge in [0.15, 0.2) is 10.4 Å². The number of rotatable bonds is 2. The van der Waals surface area contributed by atoms with Gasteiger partial charge in [0.2, 0.25) is 0 Å². The summed E-state index contributed by atoms with van der Waals surface area (Å²) in [5.41, 5.74) is 2.85. The molecule has 20 heavy (non-hydrogen) atoms. The highest BCUT2D eigenvalue weighted by Gasteiger charge is 2.14. The molecule has 0 amide bonds. The fourth-order valence-corrected chi connectivity index (χ4v) is 3.15. The number of halogens is 2. The third kappa shape index (κ3) is 2.41. The first-order chi connectivity index (χ1) is 9.56. The van der Waals surface area contributed by atoms with E-state index < -0.39 is 0 Å². The Balaban J connectivity index is 2.19. The van der Waals surface area contributed by atoms with E-state index in [2.05, 4.69) is 32.8 Å². The number of hydrogen-bond acceptors (Lipinski definition) is 2. The average Bonchev–Trinajstić information content (AvgIpc) is 2.73. The Morgan fingerprint density at radius 1 is 1.40 bits per heavy atom. The number of hydrogen-bond donors (Lipinski definition) is 1. The molecule has 3 nitrogen and oxygen atoms in total. The van der Waals surface area contributed by atoms with Crippen LogP contribution in [0.15, 0.2) is 41.0 Å². The summed E-state index contributed by atoms with van der Waals surface area (Å²) in [4.78, 5) is 7.64. The number of aromatic amines is 1. The van der Waals surface area contributed by atoms with Crippen molar-refractivity contribution in [3.8, 4) is 0 Å². The van der Waals surface area contributed by atoms with E-state index in [1.165, 1.54) is 0 Å². The zero-order valence-corrected chi connectivity index (χ0v) is 13.8. The van der Waals surface area contributed by atoms with Crippen LogP contribution in [0.3, 0.4) is 0 Å². The SMILES string of the molecule is CC(c1cccc(Cl)c1)n1c(=S)[nH]c2cc(Br)cnc21. The van der Waals surface area contributed by atoms with Crippen LogP contribution in [0.2, 0.25) is 5.02 Å². The smallest absolute Gasteiger partial charge is 0.179 e. The summed E-state index contributed by atoms with van der Waals surface area (Å²) in [5, 5.41) is 0.719. The molecular formula is C14H11BrClN3S. The highest BCUT2D eigenvalue weighted by atomic mass is 79.9. The van der Waals surface area contributed by atoms with Crippen molar-refractivity contribution in [2.45, 2.75) is 13.0 Å². The largest absolute Gasteiger partial charge is 0.329 e. The van der Waals surface area contributed by atoms with Gasteiger partial charge in [-0.3, -0.25) is 4.57 Å². The minimum Gasteiger partial charge on any atom is -0.329 e. The van der Waals surface area contributed by atoms with Crippen LogP contribution in [0.4, 0.5) is 0 Å². The summed E-state index contributed by atoms with van der Waals surface area (Å²) in [6.45, 7) is 2.08. The summed E-state index contributed by atoms with van der Waals surface area (Å²) >= 11 is 14.9. The highest BCUT2D eigenvalue weighted by Crippen LogP contribution is 2.26. The number of imidazole rings is 1. The van der Waals surface area contributed by atoms with E-state index in [4.69, 9.17) is 23.8 Å². The number of pyridine rings is 1. The van der Waals surface area contributed by atoms with E-state index in [0.717, 1.165) is 26.2 Å². The lowest BCUT2D eigenvalue weighted by Crippen LogP contribution is -2.07. The van der Waals surface area contributed by atoms with Gasteiger partial charge in [0.05, 0.1) is 11.6 Å². The molecule has 2 aromatic heterocycles. The number of fused-ring (bicyclic) bond motifs is 1. The molecule has 0 spiro atoms. The van der Waals surface area contributed by atoms with E-state index in [0.29, 0.717) is 4.77 Å². The third-order valence-corrected chi connectivity index (χ3v) is 4.21. The van der Waals surface area contributed by atoms with Crippen LogP contribution in [0.25, 0.3) is 11.2 Å². The fourth-order valence-electron chi connectivity index (χ4n) is 2.26. The summed E-state index contributed by atoms with van der Waals surface area (Å²) in [7, 11) is 0. The lowest BCUT2D eigenvalue weighted by molar-refractivity contribution is 0.644. The molecule has 0 aliphatic carbocycles. The monoisotopic (exact) mass is 367 g/mol. The molecule has 1 N–H and O–H groups in total. The molecule has 3 rings (SSSR count). The maximum Gasteiger partial charge on any atom is 0.179 e. The summed E-state index contributed by atoms with van der Waals surface area (Å²) < 4.78 is 3.57. The molecule has 6 heteroatoms. The Bertz CT molecular complexity index is 840. The van der Waals surface area contributed by atoms with E-state index in [9.17, 15) is 0 Å². The lowest BCUT2D eigenvalue weighted by atomic mass is 10.1. The van der Waals surface area contributed by atoms with Gasteiger partial charge in [0.25, 0.3) is 0 Å². The van der Waals surface area contributed by atoms with Gasteiger partial charge in [-0.15, -0.1) is 0 Å². The van der Waals surface area contributed by atoms with Crippen LogP contribution < -0.4 is 0 Å². The Morgan fingerprint density at radius 2 is 2.20 bits per heavy atom. The summed E-state index contributed by atoms with van der Waals surface area (Å²) in [5.74, 6) is 0. The molecule has 0 aliphatic rings.